The Bertz CT molecular complexity index is 593. The molecule has 0 atom stereocenters. The Morgan fingerprint density at radius 1 is 1.47 bits per heavy atom. The molecule has 0 amide bonds. The van der Waals surface area contributed by atoms with Gasteiger partial charge in [0.1, 0.15) is 6.33 Å². The first-order valence-electron chi connectivity index (χ1n) is 5.29. The smallest absolute Gasteiger partial charge is 0.193 e. The van der Waals surface area contributed by atoms with E-state index in [9.17, 15) is 0 Å². The minimum Gasteiger partial charge on any atom is -0.313 e. The minimum atomic E-state index is 0.658. The van der Waals surface area contributed by atoms with E-state index in [1.165, 1.54) is 0 Å². The molecule has 7 heteroatoms. The maximum atomic E-state index is 4.50. The van der Waals surface area contributed by atoms with E-state index in [1.807, 2.05) is 29.2 Å². The lowest BCUT2D eigenvalue weighted by molar-refractivity contribution is 0.651. The number of aromatic nitrogens is 5. The summed E-state index contributed by atoms with van der Waals surface area (Å²) in [4.78, 5) is 9.71. The Kier molecular flexibility index (Phi) is 2.62. The number of nitrogens with one attached hydrogen (secondary N) is 1. The average molecular weight is 248 g/mol. The van der Waals surface area contributed by atoms with Crippen LogP contribution in [0.5, 0.6) is 0 Å². The van der Waals surface area contributed by atoms with Crippen LogP contribution in [0.25, 0.3) is 4.96 Å². The Balaban J connectivity index is 1.79. The second-order valence-corrected chi connectivity index (χ2v) is 4.59. The van der Waals surface area contributed by atoms with Gasteiger partial charge in [-0.3, -0.25) is 4.40 Å². The SMILES string of the molecule is CNCc1ncn(Cc2cn3ccsc3n2)n1. The van der Waals surface area contributed by atoms with Crippen molar-refractivity contribution in [3.05, 3.63) is 35.6 Å². The number of imidazole rings is 1. The van der Waals surface area contributed by atoms with Crippen LogP contribution in [0, 0.1) is 0 Å². The van der Waals surface area contributed by atoms with E-state index < -0.39 is 0 Å². The highest BCUT2D eigenvalue weighted by atomic mass is 32.1. The first kappa shape index (κ1) is 10.4. The molecule has 0 radical (unpaired) electrons. The molecule has 0 aromatic carbocycles. The molecule has 0 bridgehead atoms. The lowest BCUT2D eigenvalue weighted by atomic mass is 10.5. The molecule has 6 nitrogen and oxygen atoms in total. The zero-order chi connectivity index (χ0) is 11.7. The van der Waals surface area contributed by atoms with Crippen molar-refractivity contribution in [2.24, 2.45) is 0 Å². The van der Waals surface area contributed by atoms with Gasteiger partial charge in [0, 0.05) is 17.8 Å². The minimum absolute atomic E-state index is 0.658. The molecule has 0 unspecified atom stereocenters. The van der Waals surface area contributed by atoms with Crippen LogP contribution in [0.1, 0.15) is 11.5 Å². The summed E-state index contributed by atoms with van der Waals surface area (Å²) in [7, 11) is 1.88. The molecule has 0 fully saturated rings. The third-order valence-corrected chi connectivity index (χ3v) is 3.16. The normalized spacial score (nSPS) is 11.4. The van der Waals surface area contributed by atoms with Crippen LogP contribution in [0.2, 0.25) is 0 Å². The Morgan fingerprint density at radius 2 is 2.41 bits per heavy atom. The van der Waals surface area contributed by atoms with Gasteiger partial charge < -0.3 is 5.32 Å². The van der Waals surface area contributed by atoms with Crippen LogP contribution in [0.15, 0.2) is 24.1 Å². The summed E-state index contributed by atoms with van der Waals surface area (Å²) >= 11 is 1.63. The summed E-state index contributed by atoms with van der Waals surface area (Å²) in [6, 6.07) is 0. The molecule has 3 aromatic rings. The van der Waals surface area contributed by atoms with Gasteiger partial charge in [-0.2, -0.15) is 5.10 Å². The molecule has 3 rings (SSSR count). The van der Waals surface area contributed by atoms with E-state index >= 15 is 0 Å². The fraction of sp³-hybridized carbons (Fsp3) is 0.300. The third kappa shape index (κ3) is 2.06. The number of fused-ring (bicyclic) bond motifs is 1. The zero-order valence-electron chi connectivity index (χ0n) is 9.37. The molecule has 0 aliphatic heterocycles. The number of hydrogen-bond donors (Lipinski definition) is 1. The largest absolute Gasteiger partial charge is 0.313 e. The summed E-state index contributed by atoms with van der Waals surface area (Å²) in [5.74, 6) is 0.800. The second-order valence-electron chi connectivity index (χ2n) is 3.71. The van der Waals surface area contributed by atoms with E-state index in [0.29, 0.717) is 13.1 Å². The molecular weight excluding hydrogens is 236 g/mol. The third-order valence-electron chi connectivity index (χ3n) is 2.39. The van der Waals surface area contributed by atoms with Gasteiger partial charge in [-0.25, -0.2) is 14.6 Å². The highest BCUT2D eigenvalue weighted by Gasteiger charge is 2.05. The standard InChI is InChI=1S/C10H12N6S/c1-11-4-9-12-7-16(14-9)6-8-5-15-2-3-17-10(15)13-8/h2-3,5,7,11H,4,6H2,1H3. The van der Waals surface area contributed by atoms with Gasteiger partial charge in [-0.15, -0.1) is 11.3 Å². The number of rotatable bonds is 4. The van der Waals surface area contributed by atoms with Crippen LogP contribution >= 0.6 is 11.3 Å². The van der Waals surface area contributed by atoms with Crippen molar-refractivity contribution in [3.63, 3.8) is 0 Å². The molecule has 0 saturated heterocycles. The molecule has 0 saturated carbocycles. The zero-order valence-corrected chi connectivity index (χ0v) is 10.2. The topological polar surface area (TPSA) is 60.0 Å². The van der Waals surface area contributed by atoms with Gasteiger partial charge >= 0.3 is 0 Å². The quantitative estimate of drug-likeness (QED) is 0.740. The van der Waals surface area contributed by atoms with Gasteiger partial charge in [0.15, 0.2) is 10.8 Å². The molecule has 0 spiro atoms. The Hall–Kier alpha value is -1.73. The fourth-order valence-electron chi connectivity index (χ4n) is 1.67. The van der Waals surface area contributed by atoms with Crippen LogP contribution < -0.4 is 5.32 Å². The molecule has 0 aliphatic rings. The highest BCUT2D eigenvalue weighted by molar-refractivity contribution is 7.15. The monoisotopic (exact) mass is 248 g/mol. The fourth-order valence-corrected chi connectivity index (χ4v) is 2.39. The summed E-state index contributed by atoms with van der Waals surface area (Å²) < 4.78 is 3.82. The predicted molar refractivity (Wildman–Crippen MR) is 65.0 cm³/mol. The molecule has 1 N–H and O–H groups in total. The molecular formula is C10H12N6S. The van der Waals surface area contributed by atoms with Gasteiger partial charge in [-0.05, 0) is 7.05 Å². The second kappa shape index (κ2) is 4.27. The summed E-state index contributed by atoms with van der Waals surface area (Å²) in [5.41, 5.74) is 0.998. The number of hydrogen-bond acceptors (Lipinski definition) is 5. The first-order chi connectivity index (χ1) is 8.35. The first-order valence-corrected chi connectivity index (χ1v) is 6.17. The number of thiazole rings is 1. The van der Waals surface area contributed by atoms with Gasteiger partial charge in [0.25, 0.3) is 0 Å². The van der Waals surface area contributed by atoms with Crippen molar-refractivity contribution in [1.82, 2.24) is 29.5 Å². The molecule has 3 aromatic heterocycles. The van der Waals surface area contributed by atoms with Gasteiger partial charge in [0.05, 0.1) is 18.8 Å². The van der Waals surface area contributed by atoms with Crippen LogP contribution in [-0.2, 0) is 13.1 Å². The predicted octanol–water partition coefficient (Wildman–Crippen LogP) is 0.755. The van der Waals surface area contributed by atoms with E-state index in [2.05, 4.69) is 20.4 Å². The van der Waals surface area contributed by atoms with E-state index in [4.69, 9.17) is 0 Å². The van der Waals surface area contributed by atoms with E-state index in [-0.39, 0.29) is 0 Å². The van der Waals surface area contributed by atoms with Crippen LogP contribution in [0.4, 0.5) is 0 Å². The number of nitrogens with zero attached hydrogens (tertiary/aromatic N) is 5. The summed E-state index contributed by atoms with van der Waals surface area (Å²) in [6.45, 7) is 1.34. The van der Waals surface area contributed by atoms with Crippen molar-refractivity contribution in [1.29, 1.82) is 0 Å². The van der Waals surface area contributed by atoms with Crippen LogP contribution in [-0.4, -0.2) is 31.2 Å². The van der Waals surface area contributed by atoms with Gasteiger partial charge in [-0.1, -0.05) is 0 Å². The Labute approximate surface area is 102 Å². The highest BCUT2D eigenvalue weighted by Crippen LogP contribution is 2.11. The van der Waals surface area contributed by atoms with Crippen molar-refractivity contribution in [3.8, 4) is 0 Å². The summed E-state index contributed by atoms with van der Waals surface area (Å²) in [6.07, 6.45) is 5.76. The maximum absolute atomic E-state index is 4.50. The van der Waals surface area contributed by atoms with Crippen molar-refractivity contribution in [2.75, 3.05) is 7.05 Å². The average Bonchev–Trinajstić information content (AvgIpc) is 2.95. The maximum Gasteiger partial charge on any atom is 0.193 e. The van der Waals surface area contributed by atoms with E-state index in [0.717, 1.165) is 16.5 Å². The van der Waals surface area contributed by atoms with Crippen molar-refractivity contribution in [2.45, 2.75) is 13.1 Å². The Morgan fingerprint density at radius 3 is 3.24 bits per heavy atom. The van der Waals surface area contributed by atoms with Crippen LogP contribution in [0.3, 0.4) is 0 Å². The lowest BCUT2D eigenvalue weighted by Crippen LogP contribution is -2.08. The lowest BCUT2D eigenvalue weighted by Gasteiger charge is -1.95. The molecule has 0 aliphatic carbocycles. The molecule has 3 heterocycles. The van der Waals surface area contributed by atoms with Gasteiger partial charge in [0.2, 0.25) is 0 Å². The van der Waals surface area contributed by atoms with E-state index in [1.54, 1.807) is 22.3 Å². The molecule has 17 heavy (non-hydrogen) atoms. The summed E-state index contributed by atoms with van der Waals surface area (Å²) in [5, 5.41) is 9.39. The van der Waals surface area contributed by atoms with Crippen molar-refractivity contribution < 1.29 is 0 Å². The van der Waals surface area contributed by atoms with Crippen molar-refractivity contribution >= 4 is 16.3 Å². The molecule has 88 valence electrons.